The highest BCUT2D eigenvalue weighted by molar-refractivity contribution is 7.16. The molecule has 1 amide bonds. The van der Waals surface area contributed by atoms with E-state index in [0.717, 1.165) is 15.8 Å². The summed E-state index contributed by atoms with van der Waals surface area (Å²) < 4.78 is 0.776. The Labute approximate surface area is 112 Å². The third kappa shape index (κ3) is 3.98. The van der Waals surface area contributed by atoms with Gasteiger partial charge in [-0.05, 0) is 32.9 Å². The van der Waals surface area contributed by atoms with Crippen LogP contribution in [0.15, 0.2) is 12.1 Å². The molecular weight excluding hydrogens is 256 g/mol. The van der Waals surface area contributed by atoms with Crippen molar-refractivity contribution in [3.63, 3.8) is 0 Å². The van der Waals surface area contributed by atoms with Gasteiger partial charge in [0.05, 0.1) is 10.4 Å². The molecule has 0 aliphatic carbocycles. The topological polar surface area (TPSA) is 32.3 Å². The van der Waals surface area contributed by atoms with Crippen LogP contribution >= 0.6 is 22.9 Å². The highest BCUT2D eigenvalue weighted by Crippen LogP contribution is 2.26. The molecule has 0 saturated carbocycles. The number of carbonyl (C=O) groups is 1. The lowest BCUT2D eigenvalue weighted by molar-refractivity contribution is -0.131. The van der Waals surface area contributed by atoms with Crippen molar-refractivity contribution in [2.45, 2.75) is 32.9 Å². The molecule has 0 radical (unpaired) electrons. The lowest BCUT2D eigenvalue weighted by Gasteiger charge is -2.23. The van der Waals surface area contributed by atoms with Gasteiger partial charge < -0.3 is 4.90 Å². The average molecular weight is 275 g/mol. The number of hydrogen-bond acceptors (Lipinski definition) is 3. The first-order chi connectivity index (χ1) is 7.95. The lowest BCUT2D eigenvalue weighted by atomic mass is 10.2. The molecule has 17 heavy (non-hydrogen) atoms. The molecule has 96 valence electrons. The van der Waals surface area contributed by atoms with E-state index in [1.54, 1.807) is 16.2 Å². The zero-order valence-corrected chi connectivity index (χ0v) is 12.2. The van der Waals surface area contributed by atoms with E-state index in [1.165, 1.54) is 0 Å². The van der Waals surface area contributed by atoms with Crippen LogP contribution < -0.4 is 5.32 Å². The SMILES string of the molecule is CCN(C)C(=O)C(C)NC(C)c1ccc(Cl)s1. The Morgan fingerprint density at radius 3 is 2.65 bits per heavy atom. The molecule has 5 heteroatoms. The maximum absolute atomic E-state index is 11.9. The van der Waals surface area contributed by atoms with Crippen molar-refractivity contribution in [3.8, 4) is 0 Å². The number of nitrogens with zero attached hydrogens (tertiary/aromatic N) is 1. The van der Waals surface area contributed by atoms with Crippen LogP contribution in [-0.2, 0) is 4.79 Å². The first kappa shape index (κ1) is 14.5. The molecule has 1 rings (SSSR count). The van der Waals surface area contributed by atoms with Gasteiger partial charge in [0, 0.05) is 24.5 Å². The Morgan fingerprint density at radius 2 is 2.18 bits per heavy atom. The van der Waals surface area contributed by atoms with Crippen molar-refractivity contribution in [2.24, 2.45) is 0 Å². The summed E-state index contributed by atoms with van der Waals surface area (Å²) in [6.45, 7) is 6.62. The van der Waals surface area contributed by atoms with Crippen molar-refractivity contribution >= 4 is 28.8 Å². The number of hydrogen-bond donors (Lipinski definition) is 1. The van der Waals surface area contributed by atoms with Gasteiger partial charge in [0.15, 0.2) is 0 Å². The molecule has 0 aliphatic heterocycles. The van der Waals surface area contributed by atoms with Gasteiger partial charge in [0.2, 0.25) is 5.91 Å². The predicted molar refractivity (Wildman–Crippen MR) is 73.7 cm³/mol. The third-order valence-corrected chi connectivity index (χ3v) is 4.16. The fraction of sp³-hybridized carbons (Fsp3) is 0.583. The Bertz CT molecular complexity index is 380. The molecule has 0 fully saturated rings. The van der Waals surface area contributed by atoms with E-state index in [4.69, 9.17) is 11.6 Å². The number of thiophene rings is 1. The molecule has 1 aromatic heterocycles. The van der Waals surface area contributed by atoms with Gasteiger partial charge in [-0.3, -0.25) is 10.1 Å². The summed E-state index contributed by atoms with van der Waals surface area (Å²) in [4.78, 5) is 14.7. The number of likely N-dealkylation sites (N-methyl/N-ethyl adjacent to an activating group) is 1. The summed E-state index contributed by atoms with van der Waals surface area (Å²) >= 11 is 7.43. The number of nitrogens with one attached hydrogen (secondary N) is 1. The van der Waals surface area contributed by atoms with E-state index in [2.05, 4.69) is 5.32 Å². The summed E-state index contributed by atoms with van der Waals surface area (Å²) in [5.74, 6) is 0.113. The number of amides is 1. The van der Waals surface area contributed by atoms with Gasteiger partial charge in [-0.15, -0.1) is 11.3 Å². The van der Waals surface area contributed by atoms with Crippen LogP contribution in [0.2, 0.25) is 4.34 Å². The summed E-state index contributed by atoms with van der Waals surface area (Å²) in [6, 6.07) is 3.82. The maximum Gasteiger partial charge on any atom is 0.239 e. The zero-order valence-electron chi connectivity index (χ0n) is 10.7. The first-order valence-electron chi connectivity index (χ1n) is 5.72. The second kappa shape index (κ2) is 6.38. The predicted octanol–water partition coefficient (Wildman–Crippen LogP) is 2.92. The molecule has 2 atom stereocenters. The van der Waals surface area contributed by atoms with E-state index in [9.17, 15) is 4.79 Å². The standard InChI is InChI=1S/C12H19ClN2OS/c1-5-15(4)12(16)9(3)14-8(2)10-6-7-11(13)17-10/h6-9,14H,5H2,1-4H3. The van der Waals surface area contributed by atoms with E-state index in [0.29, 0.717) is 0 Å². The Morgan fingerprint density at radius 1 is 1.53 bits per heavy atom. The smallest absolute Gasteiger partial charge is 0.239 e. The fourth-order valence-electron chi connectivity index (χ4n) is 1.58. The summed E-state index contributed by atoms with van der Waals surface area (Å²) in [7, 11) is 1.81. The number of rotatable bonds is 5. The molecule has 1 N–H and O–H groups in total. The minimum atomic E-state index is -0.184. The van der Waals surface area contributed by atoms with Crippen molar-refractivity contribution in [3.05, 3.63) is 21.3 Å². The Kier molecular flexibility index (Phi) is 5.43. The lowest BCUT2D eigenvalue weighted by Crippen LogP contribution is -2.43. The molecule has 0 aromatic carbocycles. The summed E-state index contributed by atoms with van der Waals surface area (Å²) in [5, 5.41) is 3.29. The monoisotopic (exact) mass is 274 g/mol. The second-order valence-corrected chi connectivity index (χ2v) is 5.85. The van der Waals surface area contributed by atoms with Crippen molar-refractivity contribution < 1.29 is 4.79 Å². The van der Waals surface area contributed by atoms with E-state index in [-0.39, 0.29) is 18.0 Å². The minimum absolute atomic E-state index is 0.113. The van der Waals surface area contributed by atoms with Crippen molar-refractivity contribution in [1.82, 2.24) is 10.2 Å². The molecule has 3 nitrogen and oxygen atoms in total. The van der Waals surface area contributed by atoms with Gasteiger partial charge >= 0.3 is 0 Å². The van der Waals surface area contributed by atoms with Gasteiger partial charge in [-0.1, -0.05) is 11.6 Å². The Balaban J connectivity index is 2.56. The van der Waals surface area contributed by atoms with Crippen LogP contribution in [0.25, 0.3) is 0 Å². The Hall–Kier alpha value is -0.580. The van der Waals surface area contributed by atoms with Gasteiger partial charge in [0.25, 0.3) is 0 Å². The van der Waals surface area contributed by atoms with E-state index < -0.39 is 0 Å². The van der Waals surface area contributed by atoms with Crippen molar-refractivity contribution in [2.75, 3.05) is 13.6 Å². The molecule has 0 bridgehead atoms. The van der Waals surface area contributed by atoms with E-state index >= 15 is 0 Å². The highest BCUT2D eigenvalue weighted by Gasteiger charge is 2.19. The molecule has 0 aliphatic rings. The summed E-state index contributed by atoms with van der Waals surface area (Å²) in [5.41, 5.74) is 0. The van der Waals surface area contributed by atoms with Crippen LogP contribution in [0, 0.1) is 0 Å². The number of halogens is 1. The molecule has 2 unspecified atom stereocenters. The zero-order chi connectivity index (χ0) is 13.0. The average Bonchev–Trinajstić information content (AvgIpc) is 2.73. The molecule has 1 aromatic rings. The van der Waals surface area contributed by atoms with Crippen LogP contribution in [0.5, 0.6) is 0 Å². The fourth-order valence-corrected chi connectivity index (χ4v) is 2.65. The van der Waals surface area contributed by atoms with Gasteiger partial charge in [0.1, 0.15) is 0 Å². The number of carbonyl (C=O) groups excluding carboxylic acids is 1. The van der Waals surface area contributed by atoms with Gasteiger partial charge in [-0.25, -0.2) is 0 Å². The normalized spacial score (nSPS) is 14.4. The second-order valence-electron chi connectivity index (χ2n) is 4.10. The van der Waals surface area contributed by atoms with Crippen LogP contribution in [0.4, 0.5) is 0 Å². The maximum atomic E-state index is 11.9. The van der Waals surface area contributed by atoms with E-state index in [1.807, 2.05) is 40.0 Å². The summed E-state index contributed by atoms with van der Waals surface area (Å²) in [6.07, 6.45) is 0. The van der Waals surface area contributed by atoms with Crippen LogP contribution in [0.1, 0.15) is 31.7 Å². The minimum Gasteiger partial charge on any atom is -0.345 e. The van der Waals surface area contributed by atoms with Gasteiger partial charge in [-0.2, -0.15) is 0 Å². The molecule has 1 heterocycles. The molecular formula is C12H19ClN2OS. The third-order valence-electron chi connectivity index (χ3n) is 2.74. The molecule has 0 saturated heterocycles. The largest absolute Gasteiger partial charge is 0.345 e. The van der Waals surface area contributed by atoms with Crippen molar-refractivity contribution in [1.29, 1.82) is 0 Å². The highest BCUT2D eigenvalue weighted by atomic mass is 35.5. The first-order valence-corrected chi connectivity index (χ1v) is 6.91. The van der Waals surface area contributed by atoms with Crippen LogP contribution in [-0.4, -0.2) is 30.4 Å². The molecule has 0 spiro atoms. The van der Waals surface area contributed by atoms with Crippen LogP contribution in [0.3, 0.4) is 0 Å². The quantitative estimate of drug-likeness (QED) is 0.895.